The van der Waals surface area contributed by atoms with E-state index in [0.29, 0.717) is 6.54 Å². The zero-order valence-electron chi connectivity index (χ0n) is 12.9. The summed E-state index contributed by atoms with van der Waals surface area (Å²) < 4.78 is 1.84. The molecule has 21 heavy (non-hydrogen) atoms. The summed E-state index contributed by atoms with van der Waals surface area (Å²) in [5.74, 6) is 0.0854. The van der Waals surface area contributed by atoms with Crippen molar-refractivity contribution in [2.75, 3.05) is 6.61 Å². The molecule has 0 aliphatic heterocycles. The quantitative estimate of drug-likeness (QED) is 0.721. The fraction of sp³-hybridized carbons (Fsp3) is 0.733. The molecule has 6 heteroatoms. The first-order valence-corrected chi connectivity index (χ1v) is 7.79. The molecule has 1 aromatic heterocycles. The minimum absolute atomic E-state index is 0.0104. The Hall–Kier alpha value is -1.40. The van der Waals surface area contributed by atoms with Gasteiger partial charge in [-0.1, -0.05) is 20.3 Å². The number of aliphatic hydroxyl groups is 1. The van der Waals surface area contributed by atoms with Crippen molar-refractivity contribution in [2.45, 2.75) is 58.2 Å². The Morgan fingerprint density at radius 3 is 3.10 bits per heavy atom. The summed E-state index contributed by atoms with van der Waals surface area (Å²) in [5, 5.41) is 16.4. The average Bonchev–Trinajstić information content (AvgIpc) is 2.90. The van der Waals surface area contributed by atoms with E-state index in [2.05, 4.69) is 10.4 Å². The first-order valence-electron chi connectivity index (χ1n) is 7.79. The standard InChI is InChI=1S/C15H26N4O2/c1-3-10(2)14(16)15(21)18-12-5-4-6-13-11(12)9-17-19(13)7-8-20/h9-10,12,14,20H,3-8,16H2,1-2H3,(H,18,21)/t10-,12?,14-/m0/s1. The van der Waals surface area contributed by atoms with Crippen molar-refractivity contribution in [3.05, 3.63) is 17.5 Å². The van der Waals surface area contributed by atoms with Crippen molar-refractivity contribution in [3.63, 3.8) is 0 Å². The molecule has 0 saturated carbocycles. The molecular weight excluding hydrogens is 268 g/mol. The normalized spacial score (nSPS) is 20.7. The second-order valence-electron chi connectivity index (χ2n) is 5.86. The van der Waals surface area contributed by atoms with Crippen LogP contribution in [0.2, 0.25) is 0 Å². The molecule has 0 fully saturated rings. The van der Waals surface area contributed by atoms with Gasteiger partial charge in [-0.3, -0.25) is 9.48 Å². The summed E-state index contributed by atoms with van der Waals surface area (Å²) in [5.41, 5.74) is 8.19. The van der Waals surface area contributed by atoms with E-state index >= 15 is 0 Å². The summed E-state index contributed by atoms with van der Waals surface area (Å²) in [6.45, 7) is 4.61. The zero-order chi connectivity index (χ0) is 15.4. The van der Waals surface area contributed by atoms with Crippen LogP contribution in [0.15, 0.2) is 6.20 Å². The van der Waals surface area contributed by atoms with Crippen molar-refractivity contribution < 1.29 is 9.90 Å². The maximum absolute atomic E-state index is 12.3. The Labute approximate surface area is 125 Å². The fourth-order valence-corrected chi connectivity index (χ4v) is 2.84. The molecule has 1 amide bonds. The molecule has 0 aromatic carbocycles. The highest BCUT2D eigenvalue weighted by atomic mass is 16.3. The first kappa shape index (κ1) is 16.0. The molecule has 4 N–H and O–H groups in total. The number of nitrogens with zero attached hydrogens (tertiary/aromatic N) is 2. The highest BCUT2D eigenvalue weighted by molar-refractivity contribution is 5.82. The number of aliphatic hydroxyl groups excluding tert-OH is 1. The van der Waals surface area contributed by atoms with Crippen LogP contribution in [-0.2, 0) is 17.8 Å². The Balaban J connectivity index is 2.08. The fourth-order valence-electron chi connectivity index (χ4n) is 2.84. The van der Waals surface area contributed by atoms with Gasteiger partial charge in [-0.15, -0.1) is 0 Å². The number of fused-ring (bicyclic) bond motifs is 1. The van der Waals surface area contributed by atoms with Crippen molar-refractivity contribution in [1.82, 2.24) is 15.1 Å². The van der Waals surface area contributed by atoms with E-state index < -0.39 is 6.04 Å². The van der Waals surface area contributed by atoms with E-state index in [1.807, 2.05) is 24.7 Å². The second kappa shape index (κ2) is 7.04. The molecule has 3 atom stereocenters. The van der Waals surface area contributed by atoms with Crippen molar-refractivity contribution in [2.24, 2.45) is 11.7 Å². The highest BCUT2D eigenvalue weighted by Gasteiger charge is 2.28. The smallest absolute Gasteiger partial charge is 0.237 e. The van der Waals surface area contributed by atoms with E-state index in [1.165, 1.54) is 0 Å². The third kappa shape index (κ3) is 3.44. The SMILES string of the molecule is CC[C@H](C)[C@H](N)C(=O)NC1CCCc2c1cnn2CCO. The summed E-state index contributed by atoms with van der Waals surface area (Å²) in [6, 6.07) is -0.475. The molecule has 1 heterocycles. The number of nitrogens with one attached hydrogen (secondary N) is 1. The molecule has 0 radical (unpaired) electrons. The van der Waals surface area contributed by atoms with Crippen LogP contribution >= 0.6 is 0 Å². The summed E-state index contributed by atoms with van der Waals surface area (Å²) in [6.07, 6.45) is 5.56. The van der Waals surface area contributed by atoms with Gasteiger partial charge in [0.25, 0.3) is 0 Å². The molecule has 6 nitrogen and oxygen atoms in total. The summed E-state index contributed by atoms with van der Waals surface area (Å²) >= 11 is 0. The first-order chi connectivity index (χ1) is 10.1. The number of aromatic nitrogens is 2. The van der Waals surface area contributed by atoms with Crippen LogP contribution in [0.3, 0.4) is 0 Å². The number of carbonyl (C=O) groups excluding carboxylic acids is 1. The third-order valence-electron chi connectivity index (χ3n) is 4.45. The van der Waals surface area contributed by atoms with Crippen LogP contribution in [0, 0.1) is 5.92 Å². The summed E-state index contributed by atoms with van der Waals surface area (Å²) in [4.78, 5) is 12.3. The van der Waals surface area contributed by atoms with Gasteiger partial charge in [0.2, 0.25) is 5.91 Å². The zero-order valence-corrected chi connectivity index (χ0v) is 12.9. The monoisotopic (exact) mass is 294 g/mol. The number of amides is 1. The second-order valence-corrected chi connectivity index (χ2v) is 5.86. The van der Waals surface area contributed by atoms with E-state index in [9.17, 15) is 4.79 Å². The molecule has 0 bridgehead atoms. The Morgan fingerprint density at radius 1 is 1.67 bits per heavy atom. The third-order valence-corrected chi connectivity index (χ3v) is 4.45. The molecule has 118 valence electrons. The van der Waals surface area contributed by atoms with Crippen LogP contribution < -0.4 is 11.1 Å². The molecule has 2 rings (SSSR count). The Morgan fingerprint density at radius 2 is 2.43 bits per heavy atom. The van der Waals surface area contributed by atoms with Gasteiger partial charge in [-0.2, -0.15) is 5.10 Å². The van der Waals surface area contributed by atoms with Crippen molar-refractivity contribution in [3.8, 4) is 0 Å². The molecule has 1 aliphatic carbocycles. The van der Waals surface area contributed by atoms with Crippen LogP contribution in [0.5, 0.6) is 0 Å². The molecule has 1 unspecified atom stereocenters. The molecule has 1 aliphatic rings. The predicted molar refractivity (Wildman–Crippen MR) is 80.6 cm³/mol. The molecule has 1 aromatic rings. The average molecular weight is 294 g/mol. The Bertz CT molecular complexity index is 486. The van der Waals surface area contributed by atoms with Gasteiger partial charge in [-0.25, -0.2) is 0 Å². The molecule has 0 spiro atoms. The number of hydrogen-bond acceptors (Lipinski definition) is 4. The van der Waals surface area contributed by atoms with Gasteiger partial charge in [0.15, 0.2) is 0 Å². The largest absolute Gasteiger partial charge is 0.394 e. The topological polar surface area (TPSA) is 93.2 Å². The van der Waals surface area contributed by atoms with Crippen LogP contribution in [0.1, 0.15) is 50.4 Å². The predicted octanol–water partition coefficient (Wildman–Crippen LogP) is 0.742. The minimum atomic E-state index is -0.465. The van der Waals surface area contributed by atoms with Gasteiger partial charge in [0.05, 0.1) is 31.4 Å². The van der Waals surface area contributed by atoms with Gasteiger partial charge in [0.1, 0.15) is 0 Å². The van der Waals surface area contributed by atoms with E-state index in [1.54, 1.807) is 0 Å². The lowest BCUT2D eigenvalue weighted by Gasteiger charge is -2.26. The van der Waals surface area contributed by atoms with E-state index in [4.69, 9.17) is 10.8 Å². The maximum atomic E-state index is 12.3. The van der Waals surface area contributed by atoms with Gasteiger partial charge >= 0.3 is 0 Å². The van der Waals surface area contributed by atoms with Gasteiger partial charge in [0, 0.05) is 11.3 Å². The van der Waals surface area contributed by atoms with Crippen LogP contribution in [-0.4, -0.2) is 33.4 Å². The van der Waals surface area contributed by atoms with E-state index in [0.717, 1.165) is 36.9 Å². The van der Waals surface area contributed by atoms with E-state index in [-0.39, 0.29) is 24.5 Å². The number of hydrogen-bond donors (Lipinski definition) is 3. The Kier molecular flexibility index (Phi) is 5.36. The highest BCUT2D eigenvalue weighted by Crippen LogP contribution is 2.29. The van der Waals surface area contributed by atoms with Crippen LogP contribution in [0.4, 0.5) is 0 Å². The number of rotatable bonds is 6. The molecule has 0 saturated heterocycles. The maximum Gasteiger partial charge on any atom is 0.237 e. The van der Waals surface area contributed by atoms with Gasteiger partial charge < -0.3 is 16.2 Å². The van der Waals surface area contributed by atoms with Crippen molar-refractivity contribution in [1.29, 1.82) is 0 Å². The minimum Gasteiger partial charge on any atom is -0.394 e. The lowest BCUT2D eigenvalue weighted by atomic mass is 9.92. The lowest BCUT2D eigenvalue weighted by molar-refractivity contribution is -0.124. The molecular formula is C15H26N4O2. The number of carbonyl (C=O) groups is 1. The number of nitrogens with two attached hydrogens (primary N) is 1. The van der Waals surface area contributed by atoms with Gasteiger partial charge in [-0.05, 0) is 25.2 Å². The van der Waals surface area contributed by atoms with Crippen molar-refractivity contribution >= 4 is 5.91 Å². The van der Waals surface area contributed by atoms with Crippen LogP contribution in [0.25, 0.3) is 0 Å². The summed E-state index contributed by atoms with van der Waals surface area (Å²) in [7, 11) is 0. The lowest BCUT2D eigenvalue weighted by Crippen LogP contribution is -2.46.